The molecule has 0 aliphatic rings. The van der Waals surface area contributed by atoms with Crippen molar-refractivity contribution in [3.05, 3.63) is 18.2 Å². The van der Waals surface area contributed by atoms with Gasteiger partial charge in [-0.15, -0.1) is 0 Å². The summed E-state index contributed by atoms with van der Waals surface area (Å²) in [6, 6.07) is -0.0908. The molecule has 1 unspecified atom stereocenters. The molecule has 0 spiro atoms. The van der Waals surface area contributed by atoms with E-state index in [2.05, 4.69) is 18.8 Å². The lowest BCUT2D eigenvalue weighted by Crippen LogP contribution is -2.20. The van der Waals surface area contributed by atoms with E-state index >= 15 is 0 Å². The van der Waals surface area contributed by atoms with Crippen molar-refractivity contribution in [1.82, 2.24) is 9.55 Å². The molecule has 1 heterocycles. The molecule has 5 nitrogen and oxygen atoms in total. The second-order valence-electron chi connectivity index (χ2n) is 4.49. The van der Waals surface area contributed by atoms with Gasteiger partial charge < -0.3 is 15.0 Å². The van der Waals surface area contributed by atoms with Gasteiger partial charge in [-0.2, -0.15) is 0 Å². The van der Waals surface area contributed by atoms with Gasteiger partial charge >= 0.3 is 5.97 Å². The minimum absolute atomic E-state index is 0.0908. The van der Waals surface area contributed by atoms with E-state index in [9.17, 15) is 4.79 Å². The van der Waals surface area contributed by atoms with Gasteiger partial charge in [0.05, 0.1) is 18.6 Å². The van der Waals surface area contributed by atoms with E-state index in [4.69, 9.17) is 10.5 Å². The molecule has 0 saturated carbocycles. The fourth-order valence-corrected chi connectivity index (χ4v) is 1.75. The number of carbonyl (C=O) groups excluding carboxylic acids is 1. The highest BCUT2D eigenvalue weighted by atomic mass is 16.5. The van der Waals surface area contributed by atoms with Crippen LogP contribution in [-0.4, -0.2) is 22.1 Å². The molecule has 0 aromatic carbocycles. The van der Waals surface area contributed by atoms with Crippen LogP contribution in [0, 0.1) is 5.92 Å². The van der Waals surface area contributed by atoms with Crippen LogP contribution in [0.2, 0.25) is 0 Å². The summed E-state index contributed by atoms with van der Waals surface area (Å²) in [5.41, 5.74) is 6.96. The predicted molar refractivity (Wildman–Crippen MR) is 65.2 cm³/mol. The Kier molecular flexibility index (Phi) is 5.15. The van der Waals surface area contributed by atoms with Crippen molar-refractivity contribution in [3.8, 4) is 0 Å². The number of imidazole rings is 1. The largest absolute Gasteiger partial charge is 0.465 e. The zero-order valence-corrected chi connectivity index (χ0v) is 10.7. The van der Waals surface area contributed by atoms with Gasteiger partial charge in [-0.05, 0) is 19.3 Å². The summed E-state index contributed by atoms with van der Waals surface area (Å²) in [5.74, 6) is 0.249. The van der Waals surface area contributed by atoms with Gasteiger partial charge in [-0.3, -0.25) is 4.79 Å². The quantitative estimate of drug-likeness (QED) is 0.764. The molecule has 2 N–H and O–H groups in total. The first-order chi connectivity index (χ1) is 8.04. The number of nitrogens with zero attached hydrogens (tertiary/aromatic N) is 2. The topological polar surface area (TPSA) is 70.1 Å². The van der Waals surface area contributed by atoms with E-state index < -0.39 is 0 Å². The number of rotatable bonds is 6. The number of hydrogen-bond acceptors (Lipinski definition) is 4. The summed E-state index contributed by atoms with van der Waals surface area (Å²) in [5, 5.41) is 0. The van der Waals surface area contributed by atoms with E-state index in [1.165, 1.54) is 0 Å². The average Bonchev–Trinajstić information content (AvgIpc) is 2.65. The summed E-state index contributed by atoms with van der Waals surface area (Å²) < 4.78 is 6.66. The molecule has 0 amide bonds. The number of esters is 1. The Hall–Kier alpha value is -1.36. The minimum Gasteiger partial charge on any atom is -0.465 e. The molecule has 5 heteroatoms. The van der Waals surface area contributed by atoms with Gasteiger partial charge in [0, 0.05) is 12.2 Å². The number of carbonyl (C=O) groups is 1. The fraction of sp³-hybridized carbons (Fsp3) is 0.667. The Morgan fingerprint density at radius 1 is 1.59 bits per heavy atom. The molecule has 0 aliphatic carbocycles. The SMILES string of the molecule is CCOC(=O)Cn1cncc1C(N)CC(C)C. The maximum atomic E-state index is 11.4. The highest BCUT2D eigenvalue weighted by Gasteiger charge is 2.15. The monoisotopic (exact) mass is 239 g/mol. The van der Waals surface area contributed by atoms with Crippen LogP contribution in [0.1, 0.15) is 38.9 Å². The van der Waals surface area contributed by atoms with Gasteiger partial charge in [-0.25, -0.2) is 4.98 Å². The van der Waals surface area contributed by atoms with Crippen molar-refractivity contribution < 1.29 is 9.53 Å². The molecule has 0 radical (unpaired) electrons. The normalized spacial score (nSPS) is 12.8. The predicted octanol–water partition coefficient (Wildman–Crippen LogP) is 1.49. The molecule has 17 heavy (non-hydrogen) atoms. The van der Waals surface area contributed by atoms with Crippen molar-refractivity contribution in [1.29, 1.82) is 0 Å². The van der Waals surface area contributed by atoms with Crippen molar-refractivity contribution in [3.63, 3.8) is 0 Å². The summed E-state index contributed by atoms with van der Waals surface area (Å²) >= 11 is 0. The molecule has 0 bridgehead atoms. The van der Waals surface area contributed by atoms with Crippen LogP contribution in [-0.2, 0) is 16.1 Å². The lowest BCUT2D eigenvalue weighted by atomic mass is 10.0. The maximum absolute atomic E-state index is 11.4. The number of ether oxygens (including phenoxy) is 1. The van der Waals surface area contributed by atoms with Crippen molar-refractivity contribution >= 4 is 5.97 Å². The van der Waals surface area contributed by atoms with Crippen LogP contribution < -0.4 is 5.73 Å². The van der Waals surface area contributed by atoms with Gasteiger partial charge in [0.1, 0.15) is 6.54 Å². The maximum Gasteiger partial charge on any atom is 0.325 e. The second-order valence-corrected chi connectivity index (χ2v) is 4.49. The van der Waals surface area contributed by atoms with Crippen LogP contribution in [0.4, 0.5) is 0 Å². The highest BCUT2D eigenvalue weighted by molar-refractivity contribution is 5.69. The van der Waals surface area contributed by atoms with Crippen LogP contribution in [0.15, 0.2) is 12.5 Å². The lowest BCUT2D eigenvalue weighted by Gasteiger charge is -2.16. The molecular formula is C12H21N3O2. The van der Waals surface area contributed by atoms with E-state index in [0.29, 0.717) is 12.5 Å². The van der Waals surface area contributed by atoms with Gasteiger partial charge in [0.2, 0.25) is 0 Å². The molecule has 0 fully saturated rings. The van der Waals surface area contributed by atoms with Crippen LogP contribution >= 0.6 is 0 Å². The Morgan fingerprint density at radius 2 is 2.29 bits per heavy atom. The molecule has 1 atom stereocenters. The Labute approximate surface area is 102 Å². The molecule has 1 rings (SSSR count). The first-order valence-corrected chi connectivity index (χ1v) is 5.95. The highest BCUT2D eigenvalue weighted by Crippen LogP contribution is 2.18. The third kappa shape index (κ3) is 4.19. The summed E-state index contributed by atoms with van der Waals surface area (Å²) in [7, 11) is 0. The average molecular weight is 239 g/mol. The van der Waals surface area contributed by atoms with Crippen molar-refractivity contribution in [2.24, 2.45) is 11.7 Å². The molecule has 0 saturated heterocycles. The van der Waals surface area contributed by atoms with Crippen molar-refractivity contribution in [2.75, 3.05) is 6.61 Å². The van der Waals surface area contributed by atoms with Crippen molar-refractivity contribution in [2.45, 2.75) is 39.8 Å². The van der Waals surface area contributed by atoms with E-state index in [-0.39, 0.29) is 18.6 Å². The summed E-state index contributed by atoms with van der Waals surface area (Å²) in [6.45, 7) is 6.59. The zero-order valence-electron chi connectivity index (χ0n) is 10.7. The van der Waals surface area contributed by atoms with Crippen LogP contribution in [0.3, 0.4) is 0 Å². The van der Waals surface area contributed by atoms with Crippen LogP contribution in [0.25, 0.3) is 0 Å². The minimum atomic E-state index is -0.261. The Bertz CT molecular complexity index is 360. The van der Waals surface area contributed by atoms with Crippen LogP contribution in [0.5, 0.6) is 0 Å². The number of hydrogen-bond donors (Lipinski definition) is 1. The molecule has 1 aromatic heterocycles. The van der Waals surface area contributed by atoms with Gasteiger partial charge in [0.25, 0.3) is 0 Å². The first-order valence-electron chi connectivity index (χ1n) is 5.95. The van der Waals surface area contributed by atoms with E-state index in [1.807, 2.05) is 0 Å². The number of nitrogens with two attached hydrogens (primary N) is 1. The standard InChI is InChI=1S/C12H21N3O2/c1-4-17-12(16)7-15-8-14-6-11(15)10(13)5-9(2)3/h6,8-10H,4-5,7,13H2,1-3H3. The van der Waals surface area contributed by atoms with Gasteiger partial charge in [0.15, 0.2) is 0 Å². The summed E-state index contributed by atoms with van der Waals surface area (Å²) in [6.07, 6.45) is 4.20. The third-order valence-corrected chi connectivity index (χ3v) is 2.45. The molecule has 0 aliphatic heterocycles. The second kappa shape index (κ2) is 6.39. The molecule has 1 aromatic rings. The smallest absolute Gasteiger partial charge is 0.325 e. The molecular weight excluding hydrogens is 218 g/mol. The Balaban J connectivity index is 2.68. The third-order valence-electron chi connectivity index (χ3n) is 2.45. The zero-order chi connectivity index (χ0) is 12.8. The van der Waals surface area contributed by atoms with E-state index in [0.717, 1.165) is 12.1 Å². The van der Waals surface area contributed by atoms with Gasteiger partial charge in [-0.1, -0.05) is 13.8 Å². The Morgan fingerprint density at radius 3 is 2.88 bits per heavy atom. The van der Waals surface area contributed by atoms with E-state index in [1.54, 1.807) is 24.0 Å². The molecule has 96 valence electrons. The summed E-state index contributed by atoms with van der Waals surface area (Å²) in [4.78, 5) is 15.4. The first kappa shape index (κ1) is 13.7. The number of aromatic nitrogens is 2. The lowest BCUT2D eigenvalue weighted by molar-refractivity contribution is -0.143. The fourth-order valence-electron chi connectivity index (χ4n) is 1.75.